The summed E-state index contributed by atoms with van der Waals surface area (Å²) >= 11 is 0. The number of benzene rings is 1. The normalized spacial score (nSPS) is 21.0. The number of hydrogen-bond donors (Lipinski definition) is 2. The number of para-hydroxylation sites is 2. The Morgan fingerprint density at radius 3 is 2.55 bits per heavy atom. The number of aliphatic imine (C=N–C) groups is 1. The van der Waals surface area contributed by atoms with Gasteiger partial charge in [-0.2, -0.15) is 15.0 Å². The molecule has 4 heterocycles. The van der Waals surface area contributed by atoms with E-state index >= 15 is 0 Å². The number of nitrogens with two attached hydrogens (primary N) is 1. The number of imidazole rings is 1. The Hall–Kier alpha value is -3.51. The van der Waals surface area contributed by atoms with Crippen molar-refractivity contribution in [2.24, 2.45) is 10.7 Å². The Balaban J connectivity index is 1.69. The predicted octanol–water partition coefficient (Wildman–Crippen LogP) is 1.67. The van der Waals surface area contributed by atoms with Gasteiger partial charge < -0.3 is 20.7 Å². The molecule has 2 aliphatic heterocycles. The van der Waals surface area contributed by atoms with Crippen LogP contribution >= 0.6 is 0 Å². The summed E-state index contributed by atoms with van der Waals surface area (Å²) < 4.78 is 34.7. The van der Waals surface area contributed by atoms with Crippen molar-refractivity contribution < 1.29 is 13.5 Å². The number of anilines is 1. The largest absolute Gasteiger partial charge is 0.378 e. The van der Waals surface area contributed by atoms with Crippen molar-refractivity contribution in [3.63, 3.8) is 0 Å². The van der Waals surface area contributed by atoms with E-state index in [1.807, 2.05) is 11.0 Å². The lowest BCUT2D eigenvalue weighted by atomic mass is 9.95. The van der Waals surface area contributed by atoms with Gasteiger partial charge >= 0.3 is 0 Å². The van der Waals surface area contributed by atoms with Gasteiger partial charge in [0.15, 0.2) is 11.6 Å². The highest BCUT2D eigenvalue weighted by Gasteiger charge is 2.33. The van der Waals surface area contributed by atoms with Crippen LogP contribution in [0.25, 0.3) is 17.0 Å². The number of hydrogen-bond acceptors (Lipinski definition) is 9. The average molecular weight is 455 g/mol. The van der Waals surface area contributed by atoms with E-state index in [1.165, 1.54) is 4.57 Å². The summed E-state index contributed by atoms with van der Waals surface area (Å²) in [4.78, 5) is 24.1. The van der Waals surface area contributed by atoms with Gasteiger partial charge in [-0.05, 0) is 24.6 Å². The van der Waals surface area contributed by atoms with Crippen molar-refractivity contribution in [1.82, 2.24) is 29.8 Å². The Morgan fingerprint density at radius 1 is 1.09 bits per heavy atom. The summed E-state index contributed by atoms with van der Waals surface area (Å²) in [5, 5.41) is 2.97. The molecule has 0 saturated carbocycles. The minimum Gasteiger partial charge on any atom is -0.378 e. The van der Waals surface area contributed by atoms with Crippen LogP contribution in [0.1, 0.15) is 24.5 Å². The molecule has 1 unspecified atom stereocenters. The Kier molecular flexibility index (Phi) is 5.46. The minimum atomic E-state index is -2.83. The van der Waals surface area contributed by atoms with Crippen LogP contribution < -0.4 is 16.0 Å². The Morgan fingerprint density at radius 2 is 1.85 bits per heavy atom. The van der Waals surface area contributed by atoms with Gasteiger partial charge in [0.25, 0.3) is 6.43 Å². The zero-order valence-electron chi connectivity index (χ0n) is 17.9. The summed E-state index contributed by atoms with van der Waals surface area (Å²) in [6, 6.07) is 6.87. The molecule has 5 rings (SSSR count). The summed E-state index contributed by atoms with van der Waals surface area (Å²) in [5.41, 5.74) is 6.41. The van der Waals surface area contributed by atoms with Crippen LogP contribution in [0.5, 0.6) is 0 Å². The first-order valence-corrected chi connectivity index (χ1v) is 10.6. The number of halogens is 2. The maximum absolute atomic E-state index is 14.0. The maximum Gasteiger partial charge on any atom is 0.296 e. The monoisotopic (exact) mass is 455 g/mol. The van der Waals surface area contributed by atoms with Gasteiger partial charge in [0, 0.05) is 26.4 Å². The maximum atomic E-state index is 14.0. The van der Waals surface area contributed by atoms with Crippen molar-refractivity contribution in [3.05, 3.63) is 47.8 Å². The van der Waals surface area contributed by atoms with Gasteiger partial charge in [-0.15, -0.1) is 0 Å². The van der Waals surface area contributed by atoms with Gasteiger partial charge in [0.05, 0.1) is 24.2 Å². The van der Waals surface area contributed by atoms with Crippen molar-refractivity contribution in [2.75, 3.05) is 38.3 Å². The van der Waals surface area contributed by atoms with Crippen molar-refractivity contribution >= 4 is 23.2 Å². The Bertz CT molecular complexity index is 1240. The second-order valence-corrected chi connectivity index (χ2v) is 7.80. The van der Waals surface area contributed by atoms with Crippen LogP contribution in [0.3, 0.4) is 0 Å². The molecule has 2 aromatic heterocycles. The van der Waals surface area contributed by atoms with Gasteiger partial charge in [-0.25, -0.2) is 18.8 Å². The number of nitrogens with one attached hydrogen (secondary N) is 1. The third kappa shape index (κ3) is 3.91. The molecule has 10 nitrogen and oxygen atoms in total. The molecule has 12 heteroatoms. The number of aromatic nitrogens is 5. The van der Waals surface area contributed by atoms with Crippen molar-refractivity contribution in [2.45, 2.75) is 18.4 Å². The molecular formula is C21H23F2N9O. The molecule has 3 aromatic rings. The van der Waals surface area contributed by atoms with E-state index in [9.17, 15) is 8.78 Å². The molecule has 1 aromatic carbocycles. The van der Waals surface area contributed by atoms with E-state index in [-0.39, 0.29) is 11.8 Å². The number of morpholine rings is 1. The minimum absolute atomic E-state index is 0.0344. The molecule has 1 fully saturated rings. The fourth-order valence-corrected chi connectivity index (χ4v) is 3.84. The molecule has 0 spiro atoms. The Labute approximate surface area is 188 Å². The molecule has 0 amide bonds. The second kappa shape index (κ2) is 8.45. The van der Waals surface area contributed by atoms with E-state index in [2.05, 4.69) is 30.2 Å². The molecule has 1 atom stereocenters. The van der Waals surface area contributed by atoms with Crippen LogP contribution in [0.15, 0.2) is 41.2 Å². The fraction of sp³-hybridized carbons (Fsp3) is 0.381. The fourth-order valence-electron chi connectivity index (χ4n) is 3.84. The number of ether oxygens (including phenoxy) is 1. The molecule has 1 saturated heterocycles. The van der Waals surface area contributed by atoms with Crippen molar-refractivity contribution in [1.29, 1.82) is 0 Å². The highest BCUT2D eigenvalue weighted by Crippen LogP contribution is 2.29. The molecule has 172 valence electrons. The zero-order chi connectivity index (χ0) is 23.0. The summed E-state index contributed by atoms with van der Waals surface area (Å²) in [7, 11) is 1.76. The predicted molar refractivity (Wildman–Crippen MR) is 119 cm³/mol. The van der Waals surface area contributed by atoms with Gasteiger partial charge in [0.1, 0.15) is 11.4 Å². The van der Waals surface area contributed by atoms with Crippen LogP contribution in [0, 0.1) is 0 Å². The van der Waals surface area contributed by atoms with Crippen LogP contribution in [0.4, 0.5) is 14.7 Å². The molecule has 0 bridgehead atoms. The standard InChI is InChI=1S/C21H23F2N9O/c1-25-15-6-7-21(24,12-26-15)18-28-19(31-8-10-33-11-9-31)30-20(29-18)32-14-5-3-2-4-13(14)27-17(32)16(22)23/h2-6,12,16,25H,7-11,24H2,1H3. The first kappa shape index (κ1) is 21.3. The second-order valence-electron chi connectivity index (χ2n) is 7.80. The number of fused-ring (bicyclic) bond motifs is 1. The van der Waals surface area contributed by atoms with E-state index in [0.29, 0.717) is 55.5 Å². The summed E-state index contributed by atoms with van der Waals surface area (Å²) in [5.74, 6) is 0.855. The molecule has 33 heavy (non-hydrogen) atoms. The number of rotatable bonds is 5. The molecule has 0 aliphatic carbocycles. The molecular weight excluding hydrogens is 432 g/mol. The highest BCUT2D eigenvalue weighted by molar-refractivity contribution is 5.78. The number of nitrogens with zero attached hydrogens (tertiary/aromatic N) is 7. The highest BCUT2D eigenvalue weighted by atomic mass is 19.3. The van der Waals surface area contributed by atoms with E-state index < -0.39 is 17.8 Å². The van der Waals surface area contributed by atoms with Crippen LogP contribution in [0.2, 0.25) is 0 Å². The third-order valence-corrected chi connectivity index (χ3v) is 5.63. The van der Waals surface area contributed by atoms with Crippen LogP contribution in [-0.2, 0) is 10.3 Å². The van der Waals surface area contributed by atoms with E-state index in [0.717, 1.165) is 0 Å². The van der Waals surface area contributed by atoms with E-state index in [1.54, 1.807) is 37.5 Å². The third-order valence-electron chi connectivity index (χ3n) is 5.63. The lowest BCUT2D eigenvalue weighted by Gasteiger charge is -2.30. The quantitative estimate of drug-likeness (QED) is 0.596. The topological polar surface area (TPSA) is 119 Å². The first-order valence-electron chi connectivity index (χ1n) is 10.6. The van der Waals surface area contributed by atoms with Gasteiger partial charge in [-0.3, -0.25) is 4.57 Å². The van der Waals surface area contributed by atoms with E-state index in [4.69, 9.17) is 10.5 Å². The summed E-state index contributed by atoms with van der Waals surface area (Å²) in [6.07, 6.45) is 0.968. The van der Waals surface area contributed by atoms with Gasteiger partial charge in [-0.1, -0.05) is 12.1 Å². The SMILES string of the molecule is CNC1=CCC(N)(c2nc(N3CCOCC3)nc(-n3c(C(F)F)nc4ccccc43)n2)C=N1. The van der Waals surface area contributed by atoms with Gasteiger partial charge in [0.2, 0.25) is 11.9 Å². The smallest absolute Gasteiger partial charge is 0.296 e. The molecule has 0 radical (unpaired) electrons. The average Bonchev–Trinajstić information content (AvgIpc) is 3.25. The molecule has 3 N–H and O–H groups in total. The molecule has 2 aliphatic rings. The number of alkyl halides is 2. The van der Waals surface area contributed by atoms with Crippen LogP contribution in [-0.4, -0.2) is 64.1 Å². The zero-order valence-corrected chi connectivity index (χ0v) is 17.9. The first-order chi connectivity index (χ1) is 16.0. The van der Waals surface area contributed by atoms with Crippen molar-refractivity contribution in [3.8, 4) is 5.95 Å². The lowest BCUT2D eigenvalue weighted by Crippen LogP contribution is -2.43. The lowest BCUT2D eigenvalue weighted by molar-refractivity contribution is 0.122. The summed E-state index contributed by atoms with van der Waals surface area (Å²) in [6.45, 7) is 2.14.